The number of nitro benzene ring substituents is 2. The summed E-state index contributed by atoms with van der Waals surface area (Å²) in [5.41, 5.74) is 0.345. The van der Waals surface area contributed by atoms with Crippen LogP contribution in [-0.2, 0) is 4.79 Å². The molecule has 0 bridgehead atoms. The van der Waals surface area contributed by atoms with Crippen LogP contribution in [0.1, 0.15) is 50.9 Å². The van der Waals surface area contributed by atoms with E-state index in [1.54, 1.807) is 12.1 Å². The molecule has 0 unspecified atom stereocenters. The molecule has 1 aliphatic heterocycles. The summed E-state index contributed by atoms with van der Waals surface area (Å²) < 4.78 is 0. The second-order valence-electron chi connectivity index (χ2n) is 10.7. The smallest absolute Gasteiger partial charge is 0.277 e. The maximum absolute atomic E-state index is 12.7. The van der Waals surface area contributed by atoms with Crippen molar-refractivity contribution in [1.82, 2.24) is 4.90 Å². The number of carbonyl (C=O) groups is 2. The van der Waals surface area contributed by atoms with Gasteiger partial charge in [0.2, 0.25) is 5.91 Å². The highest BCUT2D eigenvalue weighted by molar-refractivity contribution is 6.05. The van der Waals surface area contributed by atoms with Crippen LogP contribution in [0.4, 0.5) is 22.7 Å². The molecule has 198 valence electrons. The molecule has 11 nitrogen and oxygen atoms in total. The lowest BCUT2D eigenvalue weighted by molar-refractivity contribution is -0.394. The third-order valence-corrected chi connectivity index (χ3v) is 6.19. The molecule has 11 heteroatoms. The number of nitro groups is 2. The zero-order valence-corrected chi connectivity index (χ0v) is 21.6. The van der Waals surface area contributed by atoms with E-state index in [9.17, 15) is 29.8 Å². The molecule has 0 aromatic heterocycles. The summed E-state index contributed by atoms with van der Waals surface area (Å²) in [4.78, 5) is 50.0. The predicted molar refractivity (Wildman–Crippen MR) is 141 cm³/mol. The van der Waals surface area contributed by atoms with Crippen molar-refractivity contribution < 1.29 is 19.4 Å². The molecule has 2 aromatic carbocycles. The number of benzene rings is 2. The van der Waals surface area contributed by atoms with Crippen molar-refractivity contribution in [3.63, 3.8) is 0 Å². The number of hydrogen-bond acceptors (Lipinski definition) is 7. The van der Waals surface area contributed by atoms with Crippen LogP contribution in [0.15, 0.2) is 42.5 Å². The van der Waals surface area contributed by atoms with Gasteiger partial charge in [0.1, 0.15) is 0 Å². The lowest BCUT2D eigenvalue weighted by atomic mass is 9.84. The maximum Gasteiger partial charge on any atom is 0.277 e. The van der Waals surface area contributed by atoms with Gasteiger partial charge in [-0.1, -0.05) is 27.7 Å². The van der Waals surface area contributed by atoms with Crippen molar-refractivity contribution in [2.45, 2.75) is 40.5 Å². The Balaban J connectivity index is 1.57. The van der Waals surface area contributed by atoms with Gasteiger partial charge in [-0.25, -0.2) is 0 Å². The molecule has 1 aliphatic rings. The largest absolute Gasteiger partial charge is 0.368 e. The maximum atomic E-state index is 12.7. The number of hydrogen-bond donors (Lipinski definition) is 1. The molecular weight excluding hydrogens is 478 g/mol. The highest BCUT2D eigenvalue weighted by Crippen LogP contribution is 2.27. The second-order valence-corrected chi connectivity index (χ2v) is 10.7. The van der Waals surface area contributed by atoms with Gasteiger partial charge in [0, 0.05) is 56.1 Å². The SMILES string of the molecule is C[C@@H](CC(=O)N1CCN(c2ccc(NC(=O)c3cc([N+](=O)[O-])cc([N+](=O)[O-])c3)cc2)CC1)CC(C)(C)C. The molecule has 2 aromatic rings. The average molecular weight is 512 g/mol. The van der Waals surface area contributed by atoms with E-state index in [2.05, 4.69) is 37.9 Å². The Hall–Kier alpha value is -4.02. The molecule has 1 atom stereocenters. The molecule has 1 N–H and O–H groups in total. The van der Waals surface area contributed by atoms with E-state index in [1.165, 1.54) is 0 Å². The number of amides is 2. The van der Waals surface area contributed by atoms with Crippen molar-refractivity contribution in [1.29, 1.82) is 0 Å². The van der Waals surface area contributed by atoms with Gasteiger partial charge in [0.25, 0.3) is 17.3 Å². The van der Waals surface area contributed by atoms with E-state index >= 15 is 0 Å². The summed E-state index contributed by atoms with van der Waals surface area (Å²) in [6, 6.07) is 9.90. The first kappa shape index (κ1) is 27.6. The summed E-state index contributed by atoms with van der Waals surface area (Å²) in [5, 5.41) is 24.8. The number of nitrogens with zero attached hydrogens (tertiary/aromatic N) is 4. The van der Waals surface area contributed by atoms with Gasteiger partial charge < -0.3 is 15.1 Å². The first-order valence-electron chi connectivity index (χ1n) is 12.2. The zero-order valence-electron chi connectivity index (χ0n) is 21.6. The third-order valence-electron chi connectivity index (χ3n) is 6.19. The van der Waals surface area contributed by atoms with Gasteiger partial charge in [0.05, 0.1) is 21.5 Å². The van der Waals surface area contributed by atoms with Gasteiger partial charge in [-0.15, -0.1) is 0 Å². The lowest BCUT2D eigenvalue weighted by Crippen LogP contribution is -2.49. The first-order chi connectivity index (χ1) is 17.3. The highest BCUT2D eigenvalue weighted by Gasteiger charge is 2.25. The molecule has 0 saturated carbocycles. The quantitative estimate of drug-likeness (QED) is 0.394. The summed E-state index contributed by atoms with van der Waals surface area (Å²) in [6.07, 6.45) is 1.55. The summed E-state index contributed by atoms with van der Waals surface area (Å²) >= 11 is 0. The molecule has 3 rings (SSSR count). The number of piperazine rings is 1. The average Bonchev–Trinajstić information content (AvgIpc) is 2.83. The van der Waals surface area contributed by atoms with Crippen molar-refractivity contribution in [3.05, 3.63) is 68.3 Å². The Morgan fingerprint density at radius 2 is 1.49 bits per heavy atom. The van der Waals surface area contributed by atoms with Crippen molar-refractivity contribution >= 4 is 34.6 Å². The van der Waals surface area contributed by atoms with Crippen LogP contribution < -0.4 is 10.2 Å². The molecule has 1 heterocycles. The Bertz CT molecular complexity index is 1130. The van der Waals surface area contributed by atoms with E-state index in [-0.39, 0.29) is 16.9 Å². The van der Waals surface area contributed by atoms with Crippen LogP contribution in [0, 0.1) is 31.6 Å². The normalized spacial score (nSPS) is 14.7. The third kappa shape index (κ3) is 7.73. The van der Waals surface area contributed by atoms with Gasteiger partial charge in [-0.05, 0) is 42.0 Å². The highest BCUT2D eigenvalue weighted by atomic mass is 16.6. The fourth-order valence-corrected chi connectivity index (χ4v) is 4.65. The summed E-state index contributed by atoms with van der Waals surface area (Å²) in [6.45, 7) is 11.4. The fourth-order valence-electron chi connectivity index (χ4n) is 4.65. The molecule has 37 heavy (non-hydrogen) atoms. The van der Waals surface area contributed by atoms with E-state index in [4.69, 9.17) is 0 Å². The zero-order chi connectivity index (χ0) is 27.3. The van der Waals surface area contributed by atoms with Crippen LogP contribution in [0.2, 0.25) is 0 Å². The molecule has 0 radical (unpaired) electrons. The van der Waals surface area contributed by atoms with Crippen LogP contribution in [-0.4, -0.2) is 52.7 Å². The number of anilines is 2. The monoisotopic (exact) mass is 511 g/mol. The van der Waals surface area contributed by atoms with E-state index < -0.39 is 27.1 Å². The standard InChI is InChI=1S/C26H33N5O6/c1-18(17-26(2,3)4)13-24(32)29-11-9-28(10-12-29)21-7-5-20(6-8-21)27-25(33)19-14-22(30(34)35)16-23(15-19)31(36)37/h5-8,14-16,18H,9-13,17H2,1-4H3,(H,27,33)/t18-/m0/s1. The fraction of sp³-hybridized carbons (Fsp3) is 0.462. The molecular formula is C26H33N5O6. The van der Waals surface area contributed by atoms with Gasteiger partial charge in [-0.2, -0.15) is 0 Å². The Morgan fingerprint density at radius 3 is 1.97 bits per heavy atom. The van der Waals surface area contributed by atoms with Crippen LogP contribution in [0.25, 0.3) is 0 Å². The predicted octanol–water partition coefficient (Wildman–Crippen LogP) is 4.87. The Kier molecular flexibility index (Phi) is 8.46. The van der Waals surface area contributed by atoms with E-state index in [0.717, 1.165) is 30.3 Å². The first-order valence-corrected chi connectivity index (χ1v) is 12.2. The summed E-state index contributed by atoms with van der Waals surface area (Å²) in [5.74, 6) is -0.162. The van der Waals surface area contributed by atoms with Crippen LogP contribution in [0.3, 0.4) is 0 Å². The van der Waals surface area contributed by atoms with Crippen LogP contribution in [0.5, 0.6) is 0 Å². The molecule has 0 aliphatic carbocycles. The minimum atomic E-state index is -0.779. The molecule has 1 fully saturated rings. The number of nitrogens with one attached hydrogen (secondary N) is 1. The minimum absolute atomic E-state index is 0.178. The van der Waals surface area contributed by atoms with E-state index in [0.29, 0.717) is 44.2 Å². The number of carbonyl (C=O) groups excluding carboxylic acids is 2. The minimum Gasteiger partial charge on any atom is -0.368 e. The van der Waals surface area contributed by atoms with Gasteiger partial charge >= 0.3 is 0 Å². The molecule has 1 saturated heterocycles. The Labute approximate surface area is 215 Å². The van der Waals surface area contributed by atoms with Crippen molar-refractivity contribution in [3.8, 4) is 0 Å². The van der Waals surface area contributed by atoms with Crippen molar-refractivity contribution in [2.24, 2.45) is 11.3 Å². The number of non-ortho nitro benzene ring substituents is 2. The second kappa shape index (κ2) is 11.4. The molecule has 2 amide bonds. The van der Waals surface area contributed by atoms with Gasteiger partial charge in [-0.3, -0.25) is 29.8 Å². The van der Waals surface area contributed by atoms with E-state index in [1.807, 2.05) is 17.0 Å². The molecule has 0 spiro atoms. The van der Waals surface area contributed by atoms with Crippen molar-refractivity contribution in [2.75, 3.05) is 36.4 Å². The van der Waals surface area contributed by atoms with Crippen LogP contribution >= 0.6 is 0 Å². The van der Waals surface area contributed by atoms with Gasteiger partial charge in [0.15, 0.2) is 0 Å². The lowest BCUT2D eigenvalue weighted by Gasteiger charge is -2.37. The number of rotatable bonds is 8. The Morgan fingerprint density at radius 1 is 0.946 bits per heavy atom. The summed E-state index contributed by atoms with van der Waals surface area (Å²) in [7, 11) is 0. The topological polar surface area (TPSA) is 139 Å².